The lowest BCUT2D eigenvalue weighted by atomic mass is 10.1. The number of hydrogen-bond acceptors (Lipinski definition) is 2. The van der Waals surface area contributed by atoms with Crippen molar-refractivity contribution in [3.8, 4) is 0 Å². The van der Waals surface area contributed by atoms with Gasteiger partial charge in [0.15, 0.2) is 0 Å². The molecule has 0 atom stereocenters. The molecule has 0 fully saturated rings. The maximum atomic E-state index is 11.5. The topological polar surface area (TPSA) is 46.5 Å². The maximum absolute atomic E-state index is 11.5. The summed E-state index contributed by atoms with van der Waals surface area (Å²) in [6.07, 6.45) is 0. The summed E-state index contributed by atoms with van der Waals surface area (Å²) in [5.41, 5.74) is 1.33. The van der Waals surface area contributed by atoms with Crippen molar-refractivity contribution in [2.24, 2.45) is 0 Å². The minimum absolute atomic E-state index is 0.176. The molecule has 0 saturated heterocycles. The Balaban J connectivity index is 3.04. The van der Waals surface area contributed by atoms with Gasteiger partial charge in [-0.15, -0.1) is 0 Å². The van der Waals surface area contributed by atoms with Gasteiger partial charge in [-0.2, -0.15) is 4.94 Å². The predicted molar refractivity (Wildman–Crippen MR) is 44.0 cm³/mol. The molecule has 0 spiro atoms. The third kappa shape index (κ3) is 2.26. The number of halogens is 1. The zero-order chi connectivity index (χ0) is 9.84. The van der Waals surface area contributed by atoms with Gasteiger partial charge in [0.05, 0.1) is 5.56 Å². The number of hydrogen-bond donors (Lipinski definition) is 1. The second-order valence-corrected chi connectivity index (χ2v) is 2.71. The van der Waals surface area contributed by atoms with E-state index in [0.29, 0.717) is 11.1 Å². The molecule has 0 unspecified atom stereocenters. The van der Waals surface area contributed by atoms with Gasteiger partial charge in [-0.3, -0.25) is 0 Å². The molecule has 1 aromatic carbocycles. The number of aryl methyl sites for hydroxylation is 1. The molecule has 1 rings (SSSR count). The molecule has 4 heteroatoms. The van der Waals surface area contributed by atoms with Crippen molar-refractivity contribution >= 4 is 5.97 Å². The van der Waals surface area contributed by atoms with Crippen molar-refractivity contribution in [1.29, 1.82) is 0 Å². The molecule has 0 aliphatic carbocycles. The highest BCUT2D eigenvalue weighted by atomic mass is 19.3. The van der Waals surface area contributed by atoms with E-state index in [1.54, 1.807) is 19.1 Å². The number of carboxylic acid groups (broad SMARTS) is 1. The highest BCUT2D eigenvalue weighted by molar-refractivity contribution is 5.89. The first-order chi connectivity index (χ1) is 6.15. The van der Waals surface area contributed by atoms with E-state index in [0.717, 1.165) is 0 Å². The normalized spacial score (nSPS) is 10.0. The Hall–Kier alpha value is -1.42. The fourth-order valence-corrected chi connectivity index (χ4v) is 1.05. The lowest BCUT2D eigenvalue weighted by molar-refractivity contribution is -0.144. The molecule has 0 amide bonds. The molecule has 0 aliphatic rings. The van der Waals surface area contributed by atoms with E-state index in [4.69, 9.17) is 5.11 Å². The summed E-state index contributed by atoms with van der Waals surface area (Å²) in [6.45, 7) is 1.46. The number of carbonyl (C=O) groups is 1. The van der Waals surface area contributed by atoms with Crippen LogP contribution < -0.4 is 0 Å². The van der Waals surface area contributed by atoms with Crippen LogP contribution in [0.15, 0.2) is 18.2 Å². The molecule has 0 heterocycles. The van der Waals surface area contributed by atoms with Crippen LogP contribution in [0.25, 0.3) is 0 Å². The second-order valence-electron chi connectivity index (χ2n) is 2.71. The summed E-state index contributed by atoms with van der Waals surface area (Å²) < 4.78 is 11.5. The van der Waals surface area contributed by atoms with Crippen molar-refractivity contribution in [2.45, 2.75) is 13.5 Å². The molecule has 3 nitrogen and oxygen atoms in total. The largest absolute Gasteiger partial charge is 0.478 e. The highest BCUT2D eigenvalue weighted by Gasteiger charge is 2.07. The molecular formula is C9H9FO3. The van der Waals surface area contributed by atoms with Crippen LogP contribution in [-0.2, 0) is 11.5 Å². The van der Waals surface area contributed by atoms with E-state index in [1.807, 2.05) is 0 Å². The first-order valence-corrected chi connectivity index (χ1v) is 3.71. The quantitative estimate of drug-likeness (QED) is 0.782. The van der Waals surface area contributed by atoms with Gasteiger partial charge in [0.25, 0.3) is 0 Å². The summed E-state index contributed by atoms with van der Waals surface area (Å²) in [4.78, 5) is 14.1. The zero-order valence-electron chi connectivity index (χ0n) is 7.08. The first-order valence-electron chi connectivity index (χ1n) is 3.71. The van der Waals surface area contributed by atoms with Gasteiger partial charge in [-0.05, 0) is 28.6 Å². The number of carboxylic acids is 1. The number of rotatable bonds is 3. The Labute approximate surface area is 74.7 Å². The molecule has 0 aliphatic heterocycles. The lowest BCUT2D eigenvalue weighted by Gasteiger charge is -2.02. The van der Waals surface area contributed by atoms with Crippen LogP contribution in [0.3, 0.4) is 0 Å². The summed E-state index contributed by atoms with van der Waals surface area (Å²) >= 11 is 0. The van der Waals surface area contributed by atoms with E-state index in [2.05, 4.69) is 4.94 Å². The van der Waals surface area contributed by atoms with Gasteiger partial charge in [-0.1, -0.05) is 12.1 Å². The van der Waals surface area contributed by atoms with Crippen LogP contribution in [0.1, 0.15) is 21.5 Å². The number of benzene rings is 1. The van der Waals surface area contributed by atoms with E-state index in [9.17, 15) is 9.32 Å². The summed E-state index contributed by atoms with van der Waals surface area (Å²) in [5, 5.41) is 8.72. The van der Waals surface area contributed by atoms with Crippen LogP contribution in [-0.4, -0.2) is 11.1 Å². The molecule has 13 heavy (non-hydrogen) atoms. The SMILES string of the molecule is Cc1ccc(COF)cc1C(=O)O. The summed E-state index contributed by atoms with van der Waals surface area (Å²) in [7, 11) is 0. The van der Waals surface area contributed by atoms with E-state index >= 15 is 0 Å². The minimum Gasteiger partial charge on any atom is -0.478 e. The fraction of sp³-hybridized carbons (Fsp3) is 0.222. The Morgan fingerprint density at radius 3 is 2.85 bits per heavy atom. The van der Waals surface area contributed by atoms with Crippen molar-refractivity contribution < 1.29 is 19.4 Å². The zero-order valence-corrected chi connectivity index (χ0v) is 7.08. The lowest BCUT2D eigenvalue weighted by Crippen LogP contribution is -2.00. The average Bonchev–Trinajstić information content (AvgIpc) is 2.08. The second kappa shape index (κ2) is 4.00. The fourth-order valence-electron chi connectivity index (χ4n) is 1.05. The molecule has 1 aromatic rings. The van der Waals surface area contributed by atoms with Gasteiger partial charge in [-0.25, -0.2) is 4.79 Å². The predicted octanol–water partition coefficient (Wildman–Crippen LogP) is 2.09. The van der Waals surface area contributed by atoms with Crippen molar-refractivity contribution in [3.63, 3.8) is 0 Å². The average molecular weight is 184 g/mol. The Bertz CT molecular complexity index is 323. The standard InChI is InChI=1S/C9H9FO3/c1-6-2-3-7(5-13-10)4-8(6)9(11)12/h2-4H,5H2,1H3,(H,11,12). The van der Waals surface area contributed by atoms with Gasteiger partial charge < -0.3 is 5.11 Å². The van der Waals surface area contributed by atoms with Crippen LogP contribution >= 0.6 is 0 Å². The highest BCUT2D eigenvalue weighted by Crippen LogP contribution is 2.12. The van der Waals surface area contributed by atoms with E-state index < -0.39 is 5.97 Å². The monoisotopic (exact) mass is 184 g/mol. The molecule has 0 aromatic heterocycles. The molecule has 70 valence electrons. The van der Waals surface area contributed by atoms with Crippen molar-refractivity contribution in [2.75, 3.05) is 0 Å². The molecule has 0 saturated carbocycles. The maximum Gasteiger partial charge on any atom is 0.335 e. The van der Waals surface area contributed by atoms with Gasteiger partial charge >= 0.3 is 5.97 Å². The van der Waals surface area contributed by atoms with Crippen molar-refractivity contribution in [3.05, 3.63) is 34.9 Å². The molecule has 1 N–H and O–H groups in total. The molecular weight excluding hydrogens is 175 g/mol. The smallest absolute Gasteiger partial charge is 0.335 e. The third-order valence-electron chi connectivity index (χ3n) is 1.75. The van der Waals surface area contributed by atoms with Crippen molar-refractivity contribution in [1.82, 2.24) is 0 Å². The molecule has 0 bridgehead atoms. The summed E-state index contributed by atoms with van der Waals surface area (Å²) in [5.74, 6) is -1.02. The van der Waals surface area contributed by atoms with Gasteiger partial charge in [0, 0.05) is 0 Å². The van der Waals surface area contributed by atoms with Crippen LogP contribution in [0, 0.1) is 6.92 Å². The van der Waals surface area contributed by atoms with Gasteiger partial charge in [0.1, 0.15) is 6.61 Å². The first kappa shape index (κ1) is 9.67. The Morgan fingerprint density at radius 1 is 1.62 bits per heavy atom. The Morgan fingerprint density at radius 2 is 2.31 bits per heavy atom. The van der Waals surface area contributed by atoms with Crippen LogP contribution in [0.2, 0.25) is 0 Å². The van der Waals surface area contributed by atoms with E-state index in [1.165, 1.54) is 6.07 Å². The third-order valence-corrected chi connectivity index (χ3v) is 1.75. The van der Waals surface area contributed by atoms with Gasteiger partial charge in [0.2, 0.25) is 0 Å². The molecule has 0 radical (unpaired) electrons. The van der Waals surface area contributed by atoms with Crippen LogP contribution in [0.5, 0.6) is 0 Å². The number of aromatic carboxylic acids is 1. The van der Waals surface area contributed by atoms with E-state index in [-0.39, 0.29) is 12.2 Å². The summed E-state index contributed by atoms with van der Waals surface area (Å²) in [6, 6.07) is 4.65. The van der Waals surface area contributed by atoms with Crippen LogP contribution in [0.4, 0.5) is 4.53 Å². The minimum atomic E-state index is -1.02. The Kier molecular flexibility index (Phi) is 2.97.